The maximum atomic E-state index is 13.6. The number of nitrogens with one attached hydrogen (secondary N) is 1. The topological polar surface area (TPSA) is 76.2 Å². The van der Waals surface area contributed by atoms with Crippen molar-refractivity contribution in [2.24, 2.45) is 5.92 Å². The fraction of sp³-hybridized carbons (Fsp3) is 0.640. The number of hydrogen-bond donors (Lipinski definition) is 1. The van der Waals surface area contributed by atoms with Gasteiger partial charge < -0.3 is 15.1 Å². The number of fused-ring (bicyclic) bond motifs is 1. The monoisotopic (exact) mass is 487 g/mol. The molecule has 0 bridgehead atoms. The highest BCUT2D eigenvalue weighted by Gasteiger charge is 2.50. The van der Waals surface area contributed by atoms with Crippen LogP contribution in [0.3, 0.4) is 0 Å². The first kappa shape index (κ1) is 24.9. The Morgan fingerprint density at radius 2 is 1.85 bits per heavy atom. The SMILES string of the molecule is CSCCC1C(=O)N(CC2CCCCC2)CC2N1C(=O)CN(C)N2C(=O)NCc1ccccc1. The zero-order valence-electron chi connectivity index (χ0n) is 20.3. The standard InChI is InChI=1S/C25H37N5O3S/c1-27-18-23(31)29-21(13-14-34-2)24(32)28(16-20-11-7-4-8-12-20)17-22(29)30(27)25(33)26-15-19-9-5-3-6-10-19/h3,5-6,9-10,20-22H,4,7-8,11-18H2,1-2H3,(H,26,33). The summed E-state index contributed by atoms with van der Waals surface area (Å²) in [5.74, 6) is 1.25. The number of carbonyl (C=O) groups is 3. The van der Waals surface area contributed by atoms with Crippen LogP contribution < -0.4 is 5.32 Å². The van der Waals surface area contributed by atoms with Gasteiger partial charge >= 0.3 is 6.03 Å². The third kappa shape index (κ3) is 5.51. The van der Waals surface area contributed by atoms with Crippen LogP contribution in [0.25, 0.3) is 0 Å². The number of likely N-dealkylation sites (N-methyl/N-ethyl adjacent to an activating group) is 1. The molecule has 3 fully saturated rings. The van der Waals surface area contributed by atoms with E-state index in [4.69, 9.17) is 0 Å². The lowest BCUT2D eigenvalue weighted by molar-refractivity contribution is -0.187. The van der Waals surface area contributed by atoms with Crippen LogP contribution in [0.5, 0.6) is 0 Å². The number of benzene rings is 1. The normalized spacial score (nSPS) is 24.4. The van der Waals surface area contributed by atoms with Crippen molar-refractivity contribution in [3.8, 4) is 0 Å². The van der Waals surface area contributed by atoms with E-state index in [9.17, 15) is 14.4 Å². The van der Waals surface area contributed by atoms with Gasteiger partial charge in [-0.15, -0.1) is 0 Å². The summed E-state index contributed by atoms with van der Waals surface area (Å²) in [7, 11) is 1.77. The molecule has 9 heteroatoms. The van der Waals surface area contributed by atoms with Crippen LogP contribution in [0.2, 0.25) is 0 Å². The average Bonchev–Trinajstić information content (AvgIpc) is 2.84. The second-order valence-electron chi connectivity index (χ2n) is 9.63. The van der Waals surface area contributed by atoms with Gasteiger partial charge in [-0.05, 0) is 42.8 Å². The van der Waals surface area contributed by atoms with Crippen LogP contribution in [-0.2, 0) is 16.1 Å². The highest BCUT2D eigenvalue weighted by molar-refractivity contribution is 7.98. The molecule has 186 valence electrons. The first-order chi connectivity index (χ1) is 16.5. The van der Waals surface area contributed by atoms with Gasteiger partial charge in [-0.3, -0.25) is 9.59 Å². The van der Waals surface area contributed by atoms with Crippen molar-refractivity contribution in [2.75, 3.05) is 38.7 Å². The molecule has 0 spiro atoms. The van der Waals surface area contributed by atoms with Gasteiger partial charge in [0.1, 0.15) is 12.2 Å². The average molecular weight is 488 g/mol. The van der Waals surface area contributed by atoms with E-state index in [2.05, 4.69) is 5.32 Å². The van der Waals surface area contributed by atoms with Crippen LogP contribution in [0, 0.1) is 5.92 Å². The molecule has 3 aliphatic rings. The summed E-state index contributed by atoms with van der Waals surface area (Å²) in [5, 5.41) is 6.36. The Kier molecular flexibility index (Phi) is 8.37. The van der Waals surface area contributed by atoms with Gasteiger partial charge in [-0.1, -0.05) is 49.6 Å². The van der Waals surface area contributed by atoms with Gasteiger partial charge in [0.05, 0.1) is 13.1 Å². The van der Waals surface area contributed by atoms with E-state index in [0.717, 1.165) is 30.7 Å². The van der Waals surface area contributed by atoms with Crippen molar-refractivity contribution in [3.63, 3.8) is 0 Å². The Hall–Kier alpha value is -2.26. The fourth-order valence-electron chi connectivity index (χ4n) is 5.51. The molecule has 1 saturated carbocycles. The number of urea groups is 1. The maximum Gasteiger partial charge on any atom is 0.334 e. The van der Waals surface area contributed by atoms with Gasteiger partial charge in [-0.25, -0.2) is 14.8 Å². The number of piperazine rings is 1. The van der Waals surface area contributed by atoms with Crippen LogP contribution in [-0.4, -0.2) is 88.6 Å². The molecule has 2 atom stereocenters. The summed E-state index contributed by atoms with van der Waals surface area (Å²) in [6, 6.07) is 9.02. The largest absolute Gasteiger partial charge is 0.337 e. The van der Waals surface area contributed by atoms with Gasteiger partial charge in [0.25, 0.3) is 0 Å². The summed E-state index contributed by atoms with van der Waals surface area (Å²) in [6.45, 7) is 1.57. The first-order valence-corrected chi connectivity index (χ1v) is 13.8. The zero-order valence-corrected chi connectivity index (χ0v) is 21.1. The minimum absolute atomic E-state index is 0.0402. The summed E-state index contributed by atoms with van der Waals surface area (Å²) < 4.78 is 0. The van der Waals surface area contributed by atoms with E-state index in [1.807, 2.05) is 41.5 Å². The highest BCUT2D eigenvalue weighted by Crippen LogP contribution is 2.31. The number of hydrogen-bond acceptors (Lipinski definition) is 5. The number of hydrazine groups is 1. The molecule has 0 radical (unpaired) electrons. The Bertz CT molecular complexity index is 863. The molecule has 1 aromatic carbocycles. The van der Waals surface area contributed by atoms with Gasteiger partial charge in [0, 0.05) is 20.1 Å². The van der Waals surface area contributed by atoms with Crippen LogP contribution in [0.1, 0.15) is 44.1 Å². The molecular formula is C25H37N5O3S. The first-order valence-electron chi connectivity index (χ1n) is 12.4. The third-order valence-corrected chi connectivity index (χ3v) is 7.88. The Labute approximate surface area is 207 Å². The van der Waals surface area contributed by atoms with Crippen molar-refractivity contribution in [3.05, 3.63) is 35.9 Å². The number of amides is 4. The van der Waals surface area contributed by atoms with Crippen molar-refractivity contribution in [2.45, 2.75) is 57.3 Å². The third-order valence-electron chi connectivity index (χ3n) is 7.23. The molecule has 1 N–H and O–H groups in total. The van der Waals surface area contributed by atoms with Crippen molar-refractivity contribution in [1.82, 2.24) is 25.1 Å². The molecular weight excluding hydrogens is 450 g/mol. The highest BCUT2D eigenvalue weighted by atomic mass is 32.2. The maximum absolute atomic E-state index is 13.6. The van der Waals surface area contributed by atoms with Crippen LogP contribution >= 0.6 is 11.8 Å². The van der Waals surface area contributed by atoms with E-state index in [-0.39, 0.29) is 24.4 Å². The molecule has 2 aliphatic heterocycles. The molecule has 1 aromatic rings. The predicted molar refractivity (Wildman–Crippen MR) is 134 cm³/mol. The molecule has 2 saturated heterocycles. The number of rotatable bonds is 7. The minimum atomic E-state index is -0.514. The molecule has 0 aromatic heterocycles. The van der Waals surface area contributed by atoms with E-state index in [1.165, 1.54) is 19.3 Å². The lowest BCUT2D eigenvalue weighted by atomic mass is 9.88. The van der Waals surface area contributed by atoms with Crippen molar-refractivity contribution < 1.29 is 14.4 Å². The Morgan fingerprint density at radius 1 is 1.12 bits per heavy atom. The van der Waals surface area contributed by atoms with E-state index < -0.39 is 12.2 Å². The summed E-state index contributed by atoms with van der Waals surface area (Å²) in [5.41, 5.74) is 1.01. The van der Waals surface area contributed by atoms with Crippen LogP contribution in [0.15, 0.2) is 30.3 Å². The minimum Gasteiger partial charge on any atom is -0.337 e. The number of thioether (sulfide) groups is 1. The molecule has 4 amide bonds. The van der Waals surface area contributed by atoms with Crippen LogP contribution in [0.4, 0.5) is 4.79 Å². The lowest BCUT2D eigenvalue weighted by Crippen LogP contribution is -2.76. The quantitative estimate of drug-likeness (QED) is 0.640. The lowest BCUT2D eigenvalue weighted by Gasteiger charge is -2.54. The van der Waals surface area contributed by atoms with E-state index >= 15 is 0 Å². The van der Waals surface area contributed by atoms with E-state index in [0.29, 0.717) is 25.4 Å². The molecule has 4 rings (SSSR count). The van der Waals surface area contributed by atoms with Gasteiger partial charge in [-0.2, -0.15) is 11.8 Å². The van der Waals surface area contributed by atoms with Crippen molar-refractivity contribution in [1.29, 1.82) is 0 Å². The smallest absolute Gasteiger partial charge is 0.334 e. The molecule has 8 nitrogen and oxygen atoms in total. The number of carbonyl (C=O) groups excluding carboxylic acids is 3. The second kappa shape index (κ2) is 11.4. The molecule has 1 aliphatic carbocycles. The molecule has 2 unspecified atom stereocenters. The number of nitrogens with zero attached hydrogens (tertiary/aromatic N) is 4. The summed E-state index contributed by atoms with van der Waals surface area (Å²) >= 11 is 1.68. The summed E-state index contributed by atoms with van der Waals surface area (Å²) in [6.07, 6.45) is 8.12. The van der Waals surface area contributed by atoms with Gasteiger partial charge in [0.15, 0.2) is 0 Å². The predicted octanol–water partition coefficient (Wildman–Crippen LogP) is 2.76. The van der Waals surface area contributed by atoms with E-state index in [1.54, 1.807) is 33.7 Å². The second-order valence-corrected chi connectivity index (χ2v) is 10.6. The fourth-order valence-corrected chi connectivity index (χ4v) is 5.97. The Balaban J connectivity index is 1.55. The molecule has 2 heterocycles. The van der Waals surface area contributed by atoms with Gasteiger partial charge in [0.2, 0.25) is 11.8 Å². The molecule has 34 heavy (non-hydrogen) atoms. The summed E-state index contributed by atoms with van der Waals surface area (Å²) in [4.78, 5) is 43.7. The zero-order chi connectivity index (χ0) is 24.1. The Morgan fingerprint density at radius 3 is 2.56 bits per heavy atom. The van der Waals surface area contributed by atoms with Crippen molar-refractivity contribution >= 4 is 29.6 Å².